The van der Waals surface area contributed by atoms with E-state index in [-0.39, 0.29) is 0 Å². The minimum atomic E-state index is 0.814. The van der Waals surface area contributed by atoms with Gasteiger partial charge in [-0.05, 0) is 157 Å². The van der Waals surface area contributed by atoms with E-state index in [0.717, 1.165) is 82.7 Å². The van der Waals surface area contributed by atoms with Crippen molar-refractivity contribution in [3.8, 4) is 48.8 Å². The molecule has 0 fully saturated rings. The first-order valence-electron chi connectivity index (χ1n) is 18.8. The van der Waals surface area contributed by atoms with Gasteiger partial charge >= 0.3 is 24.8 Å². The molecule has 10 aromatic rings. The fourth-order valence-electron chi connectivity index (χ4n) is 5.48. The Hall–Kier alpha value is -1.12. The first-order chi connectivity index (χ1) is 34.7. The molecular formula is C40H27BBr4N9O2S16. The van der Waals surface area contributed by atoms with Gasteiger partial charge in [0.25, 0.3) is 0 Å². The molecule has 0 saturated heterocycles. The predicted octanol–water partition coefficient (Wildman–Crippen LogP) is 22.6. The third-order valence-electron chi connectivity index (χ3n) is 8.32. The molecule has 0 bridgehead atoms. The van der Waals surface area contributed by atoms with Crippen molar-refractivity contribution < 1.29 is 5.21 Å². The molecule has 2 aliphatic heterocycles. The van der Waals surface area contributed by atoms with Gasteiger partial charge in [-0.3, -0.25) is 0 Å². The number of nitrogens with zero attached hydrogens (tertiary/aromatic N) is 6. The fourth-order valence-corrected chi connectivity index (χ4v) is 21.1. The molecule has 0 atom stereocenters. The number of thiol groups is 4. The standard InChI is InChI=1S/2C8H3BrN2S3.2C8H6BrNS3.C8H7NS3.BHNS.HNO2/c9-6-3-4-7(13-6)8-5(1-2-12-8)14-11-10-4;9-6-3-5-8(13-6)7-4(1-2-12-7)10-11-14-5;9-6-3-4(10)7(13-6)8-5(11)1-2-12-8;9-6-3-5(11)8(13-6)7-4(10)1-2-12-7;9-5-1-3-11-7(5)8-6(10)2-4-12-8;1-2-3;2-1-3/h2*1-3H;2*1-3,11H,10H2;1-4,10H,9H2;3H;(H,2,3). The van der Waals surface area contributed by atoms with Crippen LogP contribution in [0.4, 0.5) is 28.4 Å². The van der Waals surface area contributed by atoms with E-state index in [2.05, 4.69) is 169 Å². The van der Waals surface area contributed by atoms with E-state index in [1.807, 2.05) is 70.1 Å². The summed E-state index contributed by atoms with van der Waals surface area (Å²) in [4.78, 5) is 25.3. The van der Waals surface area contributed by atoms with Crippen molar-refractivity contribution in [3.63, 3.8) is 0 Å². The number of thiophene rings is 10. The Morgan fingerprint density at radius 2 is 0.903 bits per heavy atom. The molecule has 0 aromatic carbocycles. The second-order valence-electron chi connectivity index (χ2n) is 12.8. The van der Waals surface area contributed by atoms with E-state index in [1.165, 1.54) is 63.4 Å². The van der Waals surface area contributed by atoms with Crippen molar-refractivity contribution in [1.82, 2.24) is 0 Å². The first kappa shape index (κ1) is 60.1. The topological polar surface area (TPSA) is 190 Å². The van der Waals surface area contributed by atoms with Crippen molar-refractivity contribution in [2.75, 3.05) is 17.2 Å². The maximum absolute atomic E-state index is 8.11. The Morgan fingerprint density at radius 3 is 1.44 bits per heavy atom. The monoisotopic (exact) mass is 1500 g/mol. The zero-order valence-electron chi connectivity index (χ0n) is 35.3. The van der Waals surface area contributed by atoms with Crippen molar-refractivity contribution in [2.45, 2.75) is 24.5 Å². The zero-order chi connectivity index (χ0) is 51.9. The van der Waals surface area contributed by atoms with Crippen LogP contribution in [-0.4, -0.2) is 12.8 Å². The van der Waals surface area contributed by atoms with Gasteiger partial charge in [0, 0.05) is 38.6 Å². The van der Waals surface area contributed by atoms with Crippen LogP contribution in [0.3, 0.4) is 0 Å². The summed E-state index contributed by atoms with van der Waals surface area (Å²) in [6.45, 7) is 0. The maximum atomic E-state index is 8.11. The third kappa shape index (κ3) is 16.5. The normalized spacial score (nSPS) is 11.2. The fraction of sp³-hybridized carbons (Fsp3) is 0. The van der Waals surface area contributed by atoms with Crippen molar-refractivity contribution in [1.29, 1.82) is 0 Å². The molecule has 11 nitrogen and oxygen atoms in total. The molecule has 12 heterocycles. The molecule has 2 aliphatic rings. The van der Waals surface area contributed by atoms with E-state index in [4.69, 9.17) is 27.3 Å². The Balaban J connectivity index is 0.000000143. The van der Waals surface area contributed by atoms with Crippen LogP contribution in [0.5, 0.6) is 0 Å². The number of rotatable bonds is 3. The molecule has 371 valence electrons. The average molecular weight is 1510 g/mol. The molecule has 32 heteroatoms. The van der Waals surface area contributed by atoms with Crippen molar-refractivity contribution in [3.05, 3.63) is 113 Å². The molecule has 7 N–H and O–H groups in total. The van der Waals surface area contributed by atoms with Crippen LogP contribution in [-0.2, 0) is 0 Å². The first-order valence-corrected chi connectivity index (χ1v) is 33.8. The molecule has 0 amide bonds. The molecule has 1 radical (unpaired) electrons. The van der Waals surface area contributed by atoms with Crippen LogP contribution in [0.15, 0.2) is 161 Å². The minimum absolute atomic E-state index is 0.814. The van der Waals surface area contributed by atoms with Crippen LogP contribution >= 0.6 is 252 Å². The molecule has 12 rings (SSSR count). The second-order valence-corrected chi connectivity index (χ2v) is 31.3. The van der Waals surface area contributed by atoms with Gasteiger partial charge in [0.15, 0.2) is 5.34 Å². The number of hydrogen-bond donors (Lipinski definition) is 8. The number of nitrogens with two attached hydrogens (primary N) is 3. The van der Waals surface area contributed by atoms with Gasteiger partial charge in [-0.2, -0.15) is 0 Å². The van der Waals surface area contributed by atoms with Gasteiger partial charge in [0.05, 0.1) is 90.8 Å². The second kappa shape index (κ2) is 30.1. The Morgan fingerprint density at radius 1 is 0.472 bits per heavy atom. The van der Waals surface area contributed by atoms with Crippen LogP contribution in [0, 0.1) is 4.91 Å². The third-order valence-corrected chi connectivity index (χ3v) is 24.4. The molecular weight excluding hydrogens is 1480 g/mol. The van der Waals surface area contributed by atoms with Gasteiger partial charge in [-0.1, -0.05) is 0 Å². The molecule has 10 aromatic heterocycles. The Kier molecular flexibility index (Phi) is 25.2. The van der Waals surface area contributed by atoms with Crippen molar-refractivity contribution in [2.24, 2.45) is 28.9 Å². The summed E-state index contributed by atoms with van der Waals surface area (Å²) in [6, 6.07) is 19.9. The quantitative estimate of drug-likeness (QED) is 0.0284. The summed E-state index contributed by atoms with van der Waals surface area (Å²) in [5.41, 5.74) is 21.9. The molecule has 0 unspecified atom stereocenters. The number of nitrogen functional groups attached to an aromatic ring is 3. The molecule has 72 heavy (non-hydrogen) atoms. The van der Waals surface area contributed by atoms with Gasteiger partial charge in [-0.25, -0.2) is 0 Å². The van der Waals surface area contributed by atoms with E-state index in [1.54, 1.807) is 113 Å². The average Bonchev–Trinajstić information content (AvgIpc) is 4.19. The SMILES string of the molecule is Brc1cc2c(s1)-c1sccc1N=NS2.Brc1cc2c(s1)-c1sccc1SN=N2.Nc1cc(Br)sc1-c1sccc1S.Nc1ccsc1-c1sc(Br)cc1S.Nc1ccsc1-c1sccc1S.O=NO.[B]=NS. The Bertz CT molecular complexity index is 3290. The predicted molar refractivity (Wildman–Crippen MR) is 349 cm³/mol. The van der Waals surface area contributed by atoms with E-state index in [9.17, 15) is 0 Å². The Labute approximate surface area is 518 Å². The van der Waals surface area contributed by atoms with Crippen LogP contribution < -0.4 is 17.2 Å². The van der Waals surface area contributed by atoms with Crippen LogP contribution in [0.1, 0.15) is 0 Å². The summed E-state index contributed by atoms with van der Waals surface area (Å²) in [5, 5.41) is 28.4. The summed E-state index contributed by atoms with van der Waals surface area (Å²) < 4.78 is 15.2. The number of halogens is 4. The molecule has 0 spiro atoms. The van der Waals surface area contributed by atoms with E-state index in [0.29, 0.717) is 0 Å². The number of anilines is 3. The van der Waals surface area contributed by atoms with Gasteiger partial charge in [-0.15, -0.1) is 175 Å². The summed E-state index contributed by atoms with van der Waals surface area (Å²) >= 11 is 49.8. The molecule has 0 aliphatic carbocycles. The zero-order valence-corrected chi connectivity index (χ0v) is 55.0. The van der Waals surface area contributed by atoms with Gasteiger partial charge < -0.3 is 22.4 Å². The van der Waals surface area contributed by atoms with E-state index >= 15 is 0 Å². The summed E-state index contributed by atoms with van der Waals surface area (Å²) in [5.74, 6) is 0. The van der Waals surface area contributed by atoms with Gasteiger partial charge in [0.1, 0.15) is 11.4 Å². The van der Waals surface area contributed by atoms with Crippen LogP contribution in [0.2, 0.25) is 0 Å². The van der Waals surface area contributed by atoms with E-state index < -0.39 is 0 Å². The summed E-state index contributed by atoms with van der Waals surface area (Å²) in [6.07, 6.45) is 0. The van der Waals surface area contributed by atoms with Gasteiger partial charge in [0.2, 0.25) is 0 Å². The molecule has 0 saturated carbocycles. The van der Waals surface area contributed by atoms with Crippen LogP contribution in [0.25, 0.3) is 48.8 Å². The number of fused-ring (bicyclic) bond motifs is 6. The number of hydrogen-bond acceptors (Lipinski definition) is 26. The summed E-state index contributed by atoms with van der Waals surface area (Å²) in [7, 11) is 4.34. The van der Waals surface area contributed by atoms with Crippen molar-refractivity contribution >= 4 is 288 Å².